The number of aryl methyl sites for hydroxylation is 1. The van der Waals surface area contributed by atoms with Crippen LogP contribution >= 0.6 is 27.7 Å². The van der Waals surface area contributed by atoms with Crippen molar-refractivity contribution in [1.82, 2.24) is 9.97 Å². The lowest BCUT2D eigenvalue weighted by Gasteiger charge is -2.11. The molecule has 5 heteroatoms. The minimum atomic E-state index is 0.450. The van der Waals surface area contributed by atoms with Crippen molar-refractivity contribution in [1.29, 1.82) is 0 Å². The van der Waals surface area contributed by atoms with Gasteiger partial charge in [-0.1, -0.05) is 6.92 Å². The Morgan fingerprint density at radius 3 is 2.93 bits per heavy atom. The van der Waals surface area contributed by atoms with E-state index in [0.29, 0.717) is 11.1 Å². The molecule has 0 saturated carbocycles. The molecule has 1 aromatic heterocycles. The van der Waals surface area contributed by atoms with Crippen molar-refractivity contribution in [2.75, 3.05) is 11.5 Å². The summed E-state index contributed by atoms with van der Waals surface area (Å²) in [6.07, 6.45) is 3.32. The highest BCUT2D eigenvalue weighted by Gasteiger charge is 2.22. The van der Waals surface area contributed by atoms with Crippen molar-refractivity contribution < 1.29 is 0 Å². The number of aromatic nitrogens is 2. The number of thioether (sulfide) groups is 1. The molecule has 3 nitrogen and oxygen atoms in total. The van der Waals surface area contributed by atoms with Gasteiger partial charge in [0.25, 0.3) is 0 Å². The fourth-order valence-corrected chi connectivity index (χ4v) is 3.36. The van der Waals surface area contributed by atoms with Gasteiger partial charge in [0.1, 0.15) is 11.6 Å². The van der Waals surface area contributed by atoms with E-state index in [4.69, 9.17) is 5.73 Å². The molecule has 0 amide bonds. The van der Waals surface area contributed by atoms with Gasteiger partial charge in [0.2, 0.25) is 0 Å². The third kappa shape index (κ3) is 2.28. The van der Waals surface area contributed by atoms with E-state index in [0.717, 1.165) is 22.4 Å². The first-order valence-corrected chi connectivity index (χ1v) is 7.00. The molecule has 1 aliphatic heterocycles. The molecule has 0 spiro atoms. The van der Waals surface area contributed by atoms with Gasteiger partial charge in [0.15, 0.2) is 0 Å². The molecule has 1 atom stereocenters. The van der Waals surface area contributed by atoms with Gasteiger partial charge in [-0.25, -0.2) is 9.97 Å². The van der Waals surface area contributed by atoms with E-state index in [9.17, 15) is 0 Å². The lowest BCUT2D eigenvalue weighted by Crippen LogP contribution is -2.06. The Balaban J connectivity index is 2.35. The zero-order valence-electron chi connectivity index (χ0n) is 8.66. The maximum Gasteiger partial charge on any atom is 0.144 e. The summed E-state index contributed by atoms with van der Waals surface area (Å²) in [7, 11) is 0. The summed E-state index contributed by atoms with van der Waals surface area (Å²) in [5.74, 6) is 2.70. The number of rotatable bonds is 2. The summed E-state index contributed by atoms with van der Waals surface area (Å²) in [6, 6.07) is 0. The van der Waals surface area contributed by atoms with Crippen molar-refractivity contribution in [2.24, 2.45) is 0 Å². The number of halogens is 1. The molecule has 2 heterocycles. The third-order valence-electron chi connectivity index (χ3n) is 2.52. The van der Waals surface area contributed by atoms with Crippen molar-refractivity contribution >= 4 is 33.5 Å². The second kappa shape index (κ2) is 4.70. The minimum absolute atomic E-state index is 0.450. The summed E-state index contributed by atoms with van der Waals surface area (Å²) in [5.41, 5.74) is 6.88. The SMILES string of the molecule is CCc1nc(C2CCCS2)nc(N)c1Br. The van der Waals surface area contributed by atoms with Crippen LogP contribution in [0.25, 0.3) is 0 Å². The molecule has 15 heavy (non-hydrogen) atoms. The van der Waals surface area contributed by atoms with Crippen LogP contribution in [0.15, 0.2) is 4.47 Å². The zero-order valence-corrected chi connectivity index (χ0v) is 11.1. The Kier molecular flexibility index (Phi) is 3.51. The van der Waals surface area contributed by atoms with Crippen LogP contribution in [0, 0.1) is 0 Å². The molecule has 1 saturated heterocycles. The highest BCUT2D eigenvalue weighted by molar-refractivity contribution is 9.10. The molecule has 2 rings (SSSR count). The van der Waals surface area contributed by atoms with Crippen molar-refractivity contribution in [3.8, 4) is 0 Å². The van der Waals surface area contributed by atoms with E-state index in [1.54, 1.807) is 0 Å². The molecule has 1 aliphatic rings. The summed E-state index contributed by atoms with van der Waals surface area (Å²) >= 11 is 5.36. The van der Waals surface area contributed by atoms with Crippen LogP contribution in [0.1, 0.15) is 36.5 Å². The van der Waals surface area contributed by atoms with Gasteiger partial charge in [-0.05, 0) is 40.9 Å². The van der Waals surface area contributed by atoms with Gasteiger partial charge in [-0.15, -0.1) is 0 Å². The number of nitrogens with two attached hydrogens (primary N) is 1. The standard InChI is InChI=1S/C10H14BrN3S/c1-2-6-8(11)9(12)14-10(13-6)7-4-3-5-15-7/h7H,2-5H2,1H3,(H2,12,13,14). The number of nitrogen functional groups attached to an aromatic ring is 1. The first-order chi connectivity index (χ1) is 7.22. The molecule has 1 fully saturated rings. The topological polar surface area (TPSA) is 51.8 Å². The summed E-state index contributed by atoms with van der Waals surface area (Å²) in [5, 5.41) is 0.450. The molecular formula is C10H14BrN3S. The predicted octanol–water partition coefficient (Wildman–Crippen LogP) is 2.95. The Labute approximate surface area is 102 Å². The number of nitrogens with zero attached hydrogens (tertiary/aromatic N) is 2. The number of hydrogen-bond donors (Lipinski definition) is 1. The van der Waals surface area contributed by atoms with Gasteiger partial charge in [0.05, 0.1) is 15.4 Å². The molecule has 0 bridgehead atoms. The third-order valence-corrected chi connectivity index (χ3v) is 4.75. The number of anilines is 1. The van der Waals surface area contributed by atoms with Gasteiger partial charge in [0, 0.05) is 0 Å². The van der Waals surface area contributed by atoms with E-state index in [2.05, 4.69) is 32.8 Å². The van der Waals surface area contributed by atoms with Crippen LogP contribution in [0.4, 0.5) is 5.82 Å². The van der Waals surface area contributed by atoms with E-state index in [-0.39, 0.29) is 0 Å². The van der Waals surface area contributed by atoms with Crippen LogP contribution in [0.3, 0.4) is 0 Å². The van der Waals surface area contributed by atoms with Gasteiger partial charge in [-0.3, -0.25) is 0 Å². The fraction of sp³-hybridized carbons (Fsp3) is 0.600. The molecular weight excluding hydrogens is 274 g/mol. The monoisotopic (exact) mass is 287 g/mol. The van der Waals surface area contributed by atoms with Crippen LogP contribution < -0.4 is 5.73 Å². The summed E-state index contributed by atoms with van der Waals surface area (Å²) in [4.78, 5) is 8.94. The Morgan fingerprint density at radius 2 is 2.33 bits per heavy atom. The Morgan fingerprint density at radius 1 is 1.53 bits per heavy atom. The van der Waals surface area contributed by atoms with E-state index >= 15 is 0 Å². The zero-order chi connectivity index (χ0) is 10.8. The average molecular weight is 288 g/mol. The quantitative estimate of drug-likeness (QED) is 0.909. The van der Waals surface area contributed by atoms with Crippen LogP contribution in [0.5, 0.6) is 0 Å². The van der Waals surface area contributed by atoms with E-state index in [1.807, 2.05) is 11.8 Å². The Bertz CT molecular complexity index is 364. The largest absolute Gasteiger partial charge is 0.383 e. The maximum atomic E-state index is 5.86. The van der Waals surface area contributed by atoms with E-state index < -0.39 is 0 Å². The lowest BCUT2D eigenvalue weighted by atomic mass is 10.2. The van der Waals surface area contributed by atoms with Crippen LogP contribution in [-0.4, -0.2) is 15.7 Å². The Hall–Kier alpha value is -0.290. The average Bonchev–Trinajstić information content (AvgIpc) is 2.75. The highest BCUT2D eigenvalue weighted by Crippen LogP contribution is 2.39. The predicted molar refractivity (Wildman–Crippen MR) is 68.0 cm³/mol. The highest BCUT2D eigenvalue weighted by atomic mass is 79.9. The first-order valence-electron chi connectivity index (χ1n) is 5.15. The second-order valence-corrected chi connectivity index (χ2v) is 5.69. The maximum absolute atomic E-state index is 5.86. The first kappa shape index (κ1) is 11.2. The molecule has 1 aromatic rings. The minimum Gasteiger partial charge on any atom is -0.383 e. The molecule has 0 aromatic carbocycles. The molecule has 0 aliphatic carbocycles. The number of hydrogen-bond acceptors (Lipinski definition) is 4. The van der Waals surface area contributed by atoms with E-state index in [1.165, 1.54) is 18.6 Å². The molecule has 1 unspecified atom stereocenters. The molecule has 82 valence electrons. The lowest BCUT2D eigenvalue weighted by molar-refractivity contribution is 0.766. The van der Waals surface area contributed by atoms with Crippen molar-refractivity contribution in [2.45, 2.75) is 31.4 Å². The molecule has 0 radical (unpaired) electrons. The van der Waals surface area contributed by atoms with Gasteiger partial charge < -0.3 is 5.73 Å². The normalized spacial score (nSPS) is 20.8. The molecule has 2 N–H and O–H groups in total. The second-order valence-electron chi connectivity index (χ2n) is 3.58. The van der Waals surface area contributed by atoms with Crippen molar-refractivity contribution in [3.05, 3.63) is 16.0 Å². The van der Waals surface area contributed by atoms with Gasteiger partial charge in [-0.2, -0.15) is 11.8 Å². The smallest absolute Gasteiger partial charge is 0.144 e. The van der Waals surface area contributed by atoms with Gasteiger partial charge >= 0.3 is 0 Å². The fourth-order valence-electron chi connectivity index (χ4n) is 1.69. The van der Waals surface area contributed by atoms with Crippen LogP contribution in [-0.2, 0) is 6.42 Å². The summed E-state index contributed by atoms with van der Waals surface area (Å²) < 4.78 is 0.858. The van der Waals surface area contributed by atoms with Crippen molar-refractivity contribution in [3.63, 3.8) is 0 Å². The van der Waals surface area contributed by atoms with Crippen LogP contribution in [0.2, 0.25) is 0 Å². The summed E-state index contributed by atoms with van der Waals surface area (Å²) in [6.45, 7) is 2.08.